The monoisotopic (exact) mass is 354 g/mol. The molecule has 0 amide bonds. The van der Waals surface area contributed by atoms with Gasteiger partial charge in [0.2, 0.25) is 11.9 Å². The number of hydrogen-bond donors (Lipinski definition) is 0. The summed E-state index contributed by atoms with van der Waals surface area (Å²) in [6.07, 6.45) is 0. The highest BCUT2D eigenvalue weighted by atomic mass is 15.3. The zero-order valence-electron chi connectivity index (χ0n) is 17.1. The molecule has 140 valence electrons. The SMILES string of the molecule is CN(C)C(=Nc1cccc2c(N=C(N(C)C)N(C)C)cccc12)N(C)C. The Hall–Kier alpha value is -2.76. The first-order valence-corrected chi connectivity index (χ1v) is 8.60. The van der Waals surface area contributed by atoms with Gasteiger partial charge in [-0.05, 0) is 12.1 Å². The molecule has 2 aromatic carbocycles. The predicted molar refractivity (Wildman–Crippen MR) is 113 cm³/mol. The largest absolute Gasteiger partial charge is 0.349 e. The van der Waals surface area contributed by atoms with E-state index in [2.05, 4.69) is 12.1 Å². The molecule has 0 fully saturated rings. The van der Waals surface area contributed by atoms with E-state index < -0.39 is 0 Å². The molecule has 2 rings (SSSR count). The molecule has 0 bridgehead atoms. The number of benzene rings is 2. The molecule has 0 aliphatic heterocycles. The predicted octanol–water partition coefficient (Wildman–Crippen LogP) is 3.06. The van der Waals surface area contributed by atoms with Gasteiger partial charge in [0.15, 0.2) is 0 Å². The Morgan fingerprint density at radius 3 is 1.12 bits per heavy atom. The summed E-state index contributed by atoms with van der Waals surface area (Å²) < 4.78 is 0. The minimum Gasteiger partial charge on any atom is -0.349 e. The fourth-order valence-electron chi connectivity index (χ4n) is 2.89. The Balaban J connectivity index is 2.67. The normalized spacial score (nSPS) is 10.3. The molecule has 0 radical (unpaired) electrons. The lowest BCUT2D eigenvalue weighted by atomic mass is 10.1. The standard InChI is InChI=1S/C20H30N6/c1-23(2)19(24(3)4)21-17-13-9-12-16-15(17)11-10-14-18(16)22-20(25(5)6)26(7)8/h9-14H,1-8H3. The van der Waals surface area contributed by atoms with Crippen LogP contribution in [0.3, 0.4) is 0 Å². The summed E-state index contributed by atoms with van der Waals surface area (Å²) in [5.74, 6) is 1.79. The Morgan fingerprint density at radius 1 is 0.538 bits per heavy atom. The molecular weight excluding hydrogens is 324 g/mol. The molecule has 6 nitrogen and oxygen atoms in total. The lowest BCUT2D eigenvalue weighted by Crippen LogP contribution is -2.35. The Kier molecular flexibility index (Phi) is 6.08. The summed E-state index contributed by atoms with van der Waals surface area (Å²) in [7, 11) is 16.0. The van der Waals surface area contributed by atoms with Crippen LogP contribution < -0.4 is 0 Å². The van der Waals surface area contributed by atoms with Crippen LogP contribution >= 0.6 is 0 Å². The van der Waals surface area contributed by atoms with Crippen molar-refractivity contribution in [3.05, 3.63) is 36.4 Å². The average Bonchev–Trinajstić information content (AvgIpc) is 2.56. The second kappa shape index (κ2) is 8.08. The molecule has 0 aromatic heterocycles. The van der Waals surface area contributed by atoms with E-state index in [9.17, 15) is 0 Å². The van der Waals surface area contributed by atoms with Crippen molar-refractivity contribution < 1.29 is 0 Å². The molecule has 0 aliphatic carbocycles. The molecule has 6 heteroatoms. The number of rotatable bonds is 2. The summed E-state index contributed by atoms with van der Waals surface area (Å²) in [6, 6.07) is 12.4. The molecule has 0 atom stereocenters. The maximum Gasteiger partial charge on any atom is 0.200 e. The average molecular weight is 355 g/mol. The number of nitrogens with zero attached hydrogens (tertiary/aromatic N) is 6. The van der Waals surface area contributed by atoms with E-state index in [1.165, 1.54) is 0 Å². The summed E-state index contributed by atoms with van der Waals surface area (Å²) in [4.78, 5) is 17.8. The van der Waals surface area contributed by atoms with Gasteiger partial charge >= 0.3 is 0 Å². The fourth-order valence-corrected chi connectivity index (χ4v) is 2.89. The van der Waals surface area contributed by atoms with Gasteiger partial charge in [-0.15, -0.1) is 0 Å². The van der Waals surface area contributed by atoms with Gasteiger partial charge in [-0.2, -0.15) is 0 Å². The van der Waals surface area contributed by atoms with E-state index in [-0.39, 0.29) is 0 Å². The molecule has 0 saturated carbocycles. The van der Waals surface area contributed by atoms with Crippen LogP contribution in [0.4, 0.5) is 11.4 Å². The van der Waals surface area contributed by atoms with Crippen LogP contribution in [0.5, 0.6) is 0 Å². The third-order valence-corrected chi connectivity index (χ3v) is 3.92. The van der Waals surface area contributed by atoms with E-state index in [1.54, 1.807) is 0 Å². The van der Waals surface area contributed by atoms with Gasteiger partial charge in [-0.25, -0.2) is 9.98 Å². The van der Waals surface area contributed by atoms with E-state index in [1.807, 2.05) is 100 Å². The van der Waals surface area contributed by atoms with Gasteiger partial charge < -0.3 is 19.6 Å². The summed E-state index contributed by atoms with van der Waals surface area (Å²) in [5, 5.41) is 2.18. The maximum atomic E-state index is 4.88. The van der Waals surface area contributed by atoms with E-state index in [4.69, 9.17) is 9.98 Å². The third-order valence-electron chi connectivity index (χ3n) is 3.92. The highest BCUT2D eigenvalue weighted by Crippen LogP contribution is 2.33. The van der Waals surface area contributed by atoms with Crippen molar-refractivity contribution in [1.29, 1.82) is 0 Å². The smallest absolute Gasteiger partial charge is 0.200 e. The highest BCUT2D eigenvalue weighted by Gasteiger charge is 2.10. The van der Waals surface area contributed by atoms with Crippen molar-refractivity contribution in [2.24, 2.45) is 9.98 Å². The minimum atomic E-state index is 0.897. The Bertz CT molecular complexity index is 729. The molecule has 0 unspecified atom stereocenters. The summed E-state index contributed by atoms with van der Waals surface area (Å²) in [5.41, 5.74) is 1.88. The zero-order valence-corrected chi connectivity index (χ0v) is 17.1. The molecular formula is C20H30N6. The van der Waals surface area contributed by atoms with Crippen LogP contribution in [0.25, 0.3) is 10.8 Å². The fraction of sp³-hybridized carbons (Fsp3) is 0.400. The minimum absolute atomic E-state index is 0.897. The lowest BCUT2D eigenvalue weighted by Gasteiger charge is -2.23. The van der Waals surface area contributed by atoms with Gasteiger partial charge in [0, 0.05) is 67.2 Å². The number of hydrogen-bond acceptors (Lipinski definition) is 2. The van der Waals surface area contributed by atoms with Gasteiger partial charge in [-0.1, -0.05) is 24.3 Å². The van der Waals surface area contributed by atoms with Crippen LogP contribution in [0.15, 0.2) is 46.4 Å². The molecule has 0 aliphatic rings. The van der Waals surface area contributed by atoms with Crippen molar-refractivity contribution in [1.82, 2.24) is 19.6 Å². The van der Waals surface area contributed by atoms with Crippen molar-refractivity contribution in [3.63, 3.8) is 0 Å². The van der Waals surface area contributed by atoms with E-state index in [0.717, 1.165) is 34.1 Å². The van der Waals surface area contributed by atoms with Gasteiger partial charge in [-0.3, -0.25) is 0 Å². The first-order valence-electron chi connectivity index (χ1n) is 8.60. The Labute approximate surface area is 157 Å². The zero-order chi connectivity index (χ0) is 19.4. The molecule has 0 heterocycles. The first-order chi connectivity index (χ1) is 12.2. The van der Waals surface area contributed by atoms with Crippen LogP contribution in [0.2, 0.25) is 0 Å². The molecule has 0 spiro atoms. The van der Waals surface area contributed by atoms with Crippen molar-refractivity contribution in [2.45, 2.75) is 0 Å². The number of fused-ring (bicyclic) bond motifs is 1. The molecule has 26 heavy (non-hydrogen) atoms. The second-order valence-corrected chi connectivity index (χ2v) is 7.05. The van der Waals surface area contributed by atoms with Crippen molar-refractivity contribution in [2.75, 3.05) is 56.4 Å². The van der Waals surface area contributed by atoms with Crippen molar-refractivity contribution in [3.8, 4) is 0 Å². The van der Waals surface area contributed by atoms with Gasteiger partial charge in [0.1, 0.15) is 0 Å². The number of guanidine groups is 2. The first kappa shape index (κ1) is 19.6. The highest BCUT2D eigenvalue weighted by molar-refractivity contribution is 6.02. The van der Waals surface area contributed by atoms with E-state index >= 15 is 0 Å². The quantitative estimate of drug-likeness (QED) is 0.614. The molecule has 0 N–H and O–H groups in total. The van der Waals surface area contributed by atoms with Crippen LogP contribution in [0, 0.1) is 0 Å². The summed E-state index contributed by atoms with van der Waals surface area (Å²) >= 11 is 0. The van der Waals surface area contributed by atoms with Gasteiger partial charge in [0.25, 0.3) is 0 Å². The molecule has 0 saturated heterocycles. The van der Waals surface area contributed by atoms with Crippen molar-refractivity contribution >= 4 is 34.1 Å². The van der Waals surface area contributed by atoms with Crippen LogP contribution in [-0.4, -0.2) is 87.9 Å². The number of aliphatic imine (C=N–C) groups is 2. The summed E-state index contributed by atoms with van der Waals surface area (Å²) in [6.45, 7) is 0. The third kappa shape index (κ3) is 4.25. The van der Waals surface area contributed by atoms with Gasteiger partial charge in [0.05, 0.1) is 11.4 Å². The maximum absolute atomic E-state index is 4.88. The second-order valence-electron chi connectivity index (χ2n) is 7.05. The lowest BCUT2D eigenvalue weighted by molar-refractivity contribution is 0.484. The topological polar surface area (TPSA) is 37.7 Å². The molecule has 2 aromatic rings. The van der Waals surface area contributed by atoms with Crippen LogP contribution in [0.1, 0.15) is 0 Å². The van der Waals surface area contributed by atoms with E-state index in [0.29, 0.717) is 0 Å². The Morgan fingerprint density at radius 2 is 0.846 bits per heavy atom. The van der Waals surface area contributed by atoms with Crippen LogP contribution in [-0.2, 0) is 0 Å².